The SMILES string of the molecule is Nc1ccc2[nH]cc(C(=O)NCc3ccno3)c2c1. The predicted molar refractivity (Wildman–Crippen MR) is 70.4 cm³/mol. The predicted octanol–water partition coefficient (Wildman–Crippen LogP) is 1.67. The van der Waals surface area contributed by atoms with Gasteiger partial charge in [0.1, 0.15) is 0 Å². The number of nitrogens with one attached hydrogen (secondary N) is 2. The minimum absolute atomic E-state index is 0.187. The van der Waals surface area contributed by atoms with Crippen molar-refractivity contribution in [3.63, 3.8) is 0 Å². The molecule has 0 atom stereocenters. The topological polar surface area (TPSA) is 96.9 Å². The van der Waals surface area contributed by atoms with Gasteiger partial charge in [-0.3, -0.25) is 4.79 Å². The maximum absolute atomic E-state index is 12.1. The number of nitrogen functional groups attached to an aromatic ring is 1. The lowest BCUT2D eigenvalue weighted by atomic mass is 10.1. The van der Waals surface area contributed by atoms with E-state index in [2.05, 4.69) is 15.5 Å². The largest absolute Gasteiger partial charge is 0.399 e. The van der Waals surface area contributed by atoms with Gasteiger partial charge in [0.2, 0.25) is 0 Å². The molecule has 0 saturated carbocycles. The molecule has 4 N–H and O–H groups in total. The molecule has 0 saturated heterocycles. The summed E-state index contributed by atoms with van der Waals surface area (Å²) in [7, 11) is 0. The van der Waals surface area contributed by atoms with Crippen molar-refractivity contribution in [2.75, 3.05) is 5.73 Å². The fraction of sp³-hybridized carbons (Fsp3) is 0.0769. The molecule has 0 fully saturated rings. The van der Waals surface area contributed by atoms with Crippen LogP contribution in [-0.4, -0.2) is 16.0 Å². The highest BCUT2D eigenvalue weighted by Gasteiger charge is 2.12. The number of hydrogen-bond donors (Lipinski definition) is 3. The first-order valence-corrected chi connectivity index (χ1v) is 5.78. The number of carbonyl (C=O) groups is 1. The van der Waals surface area contributed by atoms with Gasteiger partial charge in [-0.05, 0) is 18.2 Å². The molecule has 0 aliphatic heterocycles. The zero-order chi connectivity index (χ0) is 13.2. The Morgan fingerprint density at radius 3 is 3.11 bits per heavy atom. The van der Waals surface area contributed by atoms with Crippen molar-refractivity contribution >= 4 is 22.5 Å². The summed E-state index contributed by atoms with van der Waals surface area (Å²) in [6.07, 6.45) is 3.20. The van der Waals surface area contributed by atoms with E-state index in [9.17, 15) is 4.79 Å². The van der Waals surface area contributed by atoms with Crippen LogP contribution in [-0.2, 0) is 6.54 Å². The summed E-state index contributed by atoms with van der Waals surface area (Å²) in [5, 5.41) is 7.14. The molecular weight excluding hydrogens is 244 g/mol. The lowest BCUT2D eigenvalue weighted by molar-refractivity contribution is 0.0949. The van der Waals surface area contributed by atoms with Crippen LogP contribution in [0.1, 0.15) is 16.1 Å². The molecule has 96 valence electrons. The molecule has 6 heteroatoms. The number of fused-ring (bicyclic) bond motifs is 1. The van der Waals surface area contributed by atoms with Gasteiger partial charge in [0.25, 0.3) is 5.91 Å². The first kappa shape index (κ1) is 11.3. The Kier molecular flexibility index (Phi) is 2.68. The van der Waals surface area contributed by atoms with Crippen molar-refractivity contribution in [3.8, 4) is 0 Å². The van der Waals surface area contributed by atoms with Crippen molar-refractivity contribution in [2.45, 2.75) is 6.54 Å². The van der Waals surface area contributed by atoms with E-state index in [-0.39, 0.29) is 5.91 Å². The minimum atomic E-state index is -0.187. The van der Waals surface area contributed by atoms with E-state index in [0.717, 1.165) is 10.9 Å². The Bertz CT molecular complexity index is 715. The lowest BCUT2D eigenvalue weighted by Crippen LogP contribution is -2.22. The number of aromatic amines is 1. The van der Waals surface area contributed by atoms with Crippen LogP contribution in [0.4, 0.5) is 5.69 Å². The molecule has 1 amide bonds. The summed E-state index contributed by atoms with van der Waals surface area (Å²) in [4.78, 5) is 15.1. The normalized spacial score (nSPS) is 10.7. The summed E-state index contributed by atoms with van der Waals surface area (Å²) < 4.78 is 4.92. The van der Waals surface area contributed by atoms with Crippen LogP contribution in [0.2, 0.25) is 0 Å². The van der Waals surface area contributed by atoms with Crippen LogP contribution in [0.15, 0.2) is 41.2 Å². The number of nitrogens with two attached hydrogens (primary N) is 1. The van der Waals surface area contributed by atoms with E-state index in [1.807, 2.05) is 6.07 Å². The van der Waals surface area contributed by atoms with E-state index in [1.165, 1.54) is 6.20 Å². The molecule has 2 aromatic heterocycles. The average Bonchev–Trinajstić information content (AvgIpc) is 3.04. The number of rotatable bonds is 3. The Morgan fingerprint density at radius 1 is 1.42 bits per heavy atom. The molecule has 0 radical (unpaired) electrons. The summed E-state index contributed by atoms with van der Waals surface area (Å²) in [6, 6.07) is 7.11. The summed E-state index contributed by atoms with van der Waals surface area (Å²) in [5.41, 5.74) is 7.79. The van der Waals surface area contributed by atoms with Gasteiger partial charge >= 0.3 is 0 Å². The van der Waals surface area contributed by atoms with E-state index in [0.29, 0.717) is 23.6 Å². The van der Waals surface area contributed by atoms with Crippen molar-refractivity contribution in [1.29, 1.82) is 0 Å². The van der Waals surface area contributed by atoms with E-state index < -0.39 is 0 Å². The smallest absolute Gasteiger partial charge is 0.253 e. The molecule has 19 heavy (non-hydrogen) atoms. The van der Waals surface area contributed by atoms with Crippen molar-refractivity contribution in [3.05, 3.63) is 48.0 Å². The molecule has 0 aliphatic rings. The van der Waals surface area contributed by atoms with Gasteiger partial charge in [-0.15, -0.1) is 0 Å². The number of amides is 1. The van der Waals surface area contributed by atoms with Gasteiger partial charge in [0, 0.05) is 28.9 Å². The first-order valence-electron chi connectivity index (χ1n) is 5.78. The molecule has 0 aliphatic carbocycles. The number of benzene rings is 1. The van der Waals surface area contributed by atoms with Gasteiger partial charge in [-0.2, -0.15) is 0 Å². The zero-order valence-electron chi connectivity index (χ0n) is 10.0. The fourth-order valence-electron chi connectivity index (χ4n) is 1.92. The number of H-pyrrole nitrogens is 1. The van der Waals surface area contributed by atoms with Gasteiger partial charge in [0.15, 0.2) is 5.76 Å². The van der Waals surface area contributed by atoms with Crippen molar-refractivity contribution in [2.24, 2.45) is 0 Å². The molecule has 0 spiro atoms. The highest BCUT2D eigenvalue weighted by molar-refractivity contribution is 6.07. The lowest BCUT2D eigenvalue weighted by Gasteiger charge is -2.02. The fourth-order valence-corrected chi connectivity index (χ4v) is 1.92. The van der Waals surface area contributed by atoms with Crippen molar-refractivity contribution in [1.82, 2.24) is 15.5 Å². The summed E-state index contributed by atoms with van der Waals surface area (Å²) >= 11 is 0. The van der Waals surface area contributed by atoms with Gasteiger partial charge < -0.3 is 20.6 Å². The van der Waals surface area contributed by atoms with Crippen LogP contribution < -0.4 is 11.1 Å². The maximum atomic E-state index is 12.1. The molecule has 2 heterocycles. The van der Waals surface area contributed by atoms with Crippen LogP contribution in [0.3, 0.4) is 0 Å². The first-order chi connectivity index (χ1) is 9.24. The minimum Gasteiger partial charge on any atom is -0.399 e. The van der Waals surface area contributed by atoms with Crippen LogP contribution in [0.25, 0.3) is 10.9 Å². The Morgan fingerprint density at radius 2 is 2.32 bits per heavy atom. The number of nitrogens with zero attached hydrogens (tertiary/aromatic N) is 1. The molecule has 1 aromatic carbocycles. The Labute approximate surface area is 108 Å². The highest BCUT2D eigenvalue weighted by Crippen LogP contribution is 2.20. The second-order valence-electron chi connectivity index (χ2n) is 4.17. The molecule has 3 rings (SSSR count). The quantitative estimate of drug-likeness (QED) is 0.621. The molecule has 0 bridgehead atoms. The number of anilines is 1. The standard InChI is InChI=1S/C13H12N4O2/c14-8-1-2-12-10(5-8)11(7-15-12)13(18)16-6-9-3-4-17-19-9/h1-5,7,15H,6,14H2,(H,16,18). The molecule has 0 unspecified atom stereocenters. The Balaban J connectivity index is 1.83. The van der Waals surface area contributed by atoms with E-state index in [1.54, 1.807) is 24.4 Å². The van der Waals surface area contributed by atoms with Gasteiger partial charge in [0.05, 0.1) is 18.3 Å². The van der Waals surface area contributed by atoms with Gasteiger partial charge in [-0.25, -0.2) is 0 Å². The van der Waals surface area contributed by atoms with Crippen LogP contribution >= 0.6 is 0 Å². The third kappa shape index (κ3) is 2.15. The maximum Gasteiger partial charge on any atom is 0.253 e. The monoisotopic (exact) mass is 256 g/mol. The average molecular weight is 256 g/mol. The van der Waals surface area contributed by atoms with Crippen LogP contribution in [0, 0.1) is 0 Å². The van der Waals surface area contributed by atoms with E-state index >= 15 is 0 Å². The second-order valence-corrected chi connectivity index (χ2v) is 4.17. The number of hydrogen-bond acceptors (Lipinski definition) is 4. The third-order valence-electron chi connectivity index (χ3n) is 2.86. The van der Waals surface area contributed by atoms with E-state index in [4.69, 9.17) is 10.3 Å². The van der Waals surface area contributed by atoms with Gasteiger partial charge in [-0.1, -0.05) is 5.16 Å². The summed E-state index contributed by atoms with van der Waals surface area (Å²) in [6.45, 7) is 0.299. The number of aromatic nitrogens is 2. The van der Waals surface area contributed by atoms with Crippen molar-refractivity contribution < 1.29 is 9.32 Å². The molecular formula is C13H12N4O2. The zero-order valence-corrected chi connectivity index (χ0v) is 10.0. The number of carbonyl (C=O) groups excluding carboxylic acids is 1. The second kappa shape index (κ2) is 4.49. The van der Waals surface area contributed by atoms with Crippen LogP contribution in [0.5, 0.6) is 0 Å². The molecule has 6 nitrogen and oxygen atoms in total. The third-order valence-corrected chi connectivity index (χ3v) is 2.86. The summed E-state index contributed by atoms with van der Waals surface area (Å²) in [5.74, 6) is 0.418. The molecule has 3 aromatic rings. The Hall–Kier alpha value is -2.76. The highest BCUT2D eigenvalue weighted by atomic mass is 16.5.